The van der Waals surface area contributed by atoms with Crippen LogP contribution in [0.4, 0.5) is 5.82 Å². The van der Waals surface area contributed by atoms with Crippen molar-refractivity contribution in [1.29, 1.82) is 5.26 Å². The van der Waals surface area contributed by atoms with E-state index >= 15 is 0 Å². The van der Waals surface area contributed by atoms with Crippen LogP contribution in [-0.4, -0.2) is 33.0 Å². The summed E-state index contributed by atoms with van der Waals surface area (Å²) < 4.78 is 0. The number of piperidine rings is 1. The number of fused-ring (bicyclic) bond motifs is 1. The van der Waals surface area contributed by atoms with Crippen molar-refractivity contribution >= 4 is 16.9 Å². The Labute approximate surface area is 133 Å². The molecule has 1 aliphatic heterocycles. The summed E-state index contributed by atoms with van der Waals surface area (Å²) in [5, 5.41) is 10.5. The monoisotopic (exact) mass is 304 g/mol. The van der Waals surface area contributed by atoms with E-state index in [0.717, 1.165) is 37.4 Å². The molecule has 0 amide bonds. The predicted molar refractivity (Wildman–Crippen MR) is 87.0 cm³/mol. The summed E-state index contributed by atoms with van der Waals surface area (Å²) in [4.78, 5) is 18.1. The third kappa shape index (κ3) is 2.40. The summed E-state index contributed by atoms with van der Waals surface area (Å²) >= 11 is 0. The van der Waals surface area contributed by atoms with Gasteiger partial charge in [0.2, 0.25) is 0 Å². The molecule has 4 rings (SSSR count). The normalized spacial score (nSPS) is 18.0. The van der Waals surface area contributed by atoms with Crippen molar-refractivity contribution in [2.45, 2.75) is 18.8 Å². The number of aromatic nitrogens is 4. The third-order valence-electron chi connectivity index (χ3n) is 4.46. The highest BCUT2D eigenvalue weighted by Crippen LogP contribution is 2.33. The van der Waals surface area contributed by atoms with Gasteiger partial charge >= 0.3 is 0 Å². The fourth-order valence-electron chi connectivity index (χ4n) is 3.39. The van der Waals surface area contributed by atoms with Crippen LogP contribution in [-0.2, 0) is 0 Å². The van der Waals surface area contributed by atoms with Gasteiger partial charge in [-0.2, -0.15) is 5.26 Å². The average Bonchev–Trinajstić information content (AvgIpc) is 3.06. The molecule has 1 atom stereocenters. The van der Waals surface area contributed by atoms with Crippen molar-refractivity contribution in [3.05, 3.63) is 48.2 Å². The Balaban J connectivity index is 1.66. The molecule has 0 bridgehead atoms. The Morgan fingerprint density at radius 2 is 2.30 bits per heavy atom. The second-order valence-corrected chi connectivity index (χ2v) is 5.80. The van der Waals surface area contributed by atoms with E-state index in [4.69, 9.17) is 0 Å². The molecule has 0 spiro atoms. The molecule has 6 nitrogen and oxygen atoms in total. The molecule has 0 aliphatic carbocycles. The summed E-state index contributed by atoms with van der Waals surface area (Å²) in [5.74, 6) is 1.15. The average molecular weight is 304 g/mol. The molecule has 1 fully saturated rings. The van der Waals surface area contributed by atoms with Gasteiger partial charge in [0.1, 0.15) is 29.4 Å². The molecule has 0 radical (unpaired) electrons. The van der Waals surface area contributed by atoms with Gasteiger partial charge in [-0.25, -0.2) is 15.0 Å². The van der Waals surface area contributed by atoms with Crippen molar-refractivity contribution in [2.75, 3.05) is 18.0 Å². The zero-order valence-corrected chi connectivity index (χ0v) is 12.6. The number of anilines is 1. The predicted octanol–water partition coefficient (Wildman–Crippen LogP) is 2.61. The van der Waals surface area contributed by atoms with Crippen LogP contribution in [0.5, 0.6) is 0 Å². The summed E-state index contributed by atoms with van der Waals surface area (Å²) in [5.41, 5.74) is 2.76. The van der Waals surface area contributed by atoms with Crippen LogP contribution in [0.15, 0.2) is 37.1 Å². The van der Waals surface area contributed by atoms with Gasteiger partial charge < -0.3 is 9.88 Å². The smallest absolute Gasteiger partial charge is 0.149 e. The number of hydrogen-bond acceptors (Lipinski definition) is 5. The number of hydrogen-bond donors (Lipinski definition) is 1. The zero-order chi connectivity index (χ0) is 15.6. The van der Waals surface area contributed by atoms with Gasteiger partial charge in [0.25, 0.3) is 0 Å². The summed E-state index contributed by atoms with van der Waals surface area (Å²) in [6.45, 7) is 1.77. The maximum atomic E-state index is 9.27. The van der Waals surface area contributed by atoms with Crippen LogP contribution in [0.2, 0.25) is 0 Å². The molecule has 1 aliphatic rings. The van der Waals surface area contributed by atoms with E-state index < -0.39 is 0 Å². The highest BCUT2D eigenvalue weighted by atomic mass is 15.2. The van der Waals surface area contributed by atoms with Gasteiger partial charge in [0.15, 0.2) is 0 Å². The lowest BCUT2D eigenvalue weighted by atomic mass is 9.90. The second kappa shape index (κ2) is 5.69. The first-order valence-electron chi connectivity index (χ1n) is 7.74. The number of rotatable bonds is 2. The van der Waals surface area contributed by atoms with Crippen LogP contribution >= 0.6 is 0 Å². The minimum atomic E-state index is 0.406. The minimum absolute atomic E-state index is 0.406. The van der Waals surface area contributed by atoms with E-state index in [1.807, 2.05) is 6.07 Å². The van der Waals surface area contributed by atoms with E-state index in [-0.39, 0.29) is 0 Å². The fourth-order valence-corrected chi connectivity index (χ4v) is 3.39. The second-order valence-electron chi connectivity index (χ2n) is 5.80. The standard InChI is InChI=1S/C17H16N6/c18-7-13-8-19-11-22-17(13)23-6-2-3-12(10-23)15-9-21-16-14(15)4-1-5-20-16/h1,4-5,8-9,11-12H,2-3,6,10H2,(H,20,21). The number of pyridine rings is 1. The molecule has 1 unspecified atom stereocenters. The summed E-state index contributed by atoms with van der Waals surface area (Å²) in [6, 6.07) is 6.27. The van der Waals surface area contributed by atoms with Crippen LogP contribution < -0.4 is 4.90 Å². The van der Waals surface area contributed by atoms with E-state index in [1.54, 1.807) is 12.4 Å². The molecule has 3 aromatic heterocycles. The fraction of sp³-hybridized carbons (Fsp3) is 0.294. The Morgan fingerprint density at radius 3 is 3.22 bits per heavy atom. The number of aromatic amines is 1. The summed E-state index contributed by atoms with van der Waals surface area (Å²) in [7, 11) is 0. The number of nitrogens with zero attached hydrogens (tertiary/aromatic N) is 5. The molecule has 23 heavy (non-hydrogen) atoms. The third-order valence-corrected chi connectivity index (χ3v) is 4.46. The maximum Gasteiger partial charge on any atom is 0.149 e. The molecular formula is C17H16N6. The molecular weight excluding hydrogens is 288 g/mol. The van der Waals surface area contributed by atoms with Crippen molar-refractivity contribution in [1.82, 2.24) is 19.9 Å². The van der Waals surface area contributed by atoms with E-state index in [0.29, 0.717) is 11.5 Å². The Kier molecular flexibility index (Phi) is 3.39. The molecule has 6 heteroatoms. The van der Waals surface area contributed by atoms with Gasteiger partial charge in [-0.05, 0) is 30.5 Å². The first kappa shape index (κ1) is 13.7. The number of H-pyrrole nitrogens is 1. The van der Waals surface area contributed by atoms with E-state index in [2.05, 4.69) is 43.2 Å². The molecule has 1 saturated heterocycles. The van der Waals surface area contributed by atoms with Crippen molar-refractivity contribution in [3.8, 4) is 6.07 Å². The van der Waals surface area contributed by atoms with E-state index in [1.165, 1.54) is 17.3 Å². The first-order chi connectivity index (χ1) is 11.4. The molecule has 3 aromatic rings. The minimum Gasteiger partial charge on any atom is -0.355 e. The van der Waals surface area contributed by atoms with Crippen LogP contribution in [0.3, 0.4) is 0 Å². The van der Waals surface area contributed by atoms with Crippen molar-refractivity contribution in [2.24, 2.45) is 0 Å². The lowest BCUT2D eigenvalue weighted by Gasteiger charge is -2.33. The number of nitrogens with one attached hydrogen (secondary N) is 1. The van der Waals surface area contributed by atoms with Crippen molar-refractivity contribution < 1.29 is 0 Å². The Hall–Kier alpha value is -2.94. The molecule has 114 valence electrons. The van der Waals surface area contributed by atoms with Gasteiger partial charge in [-0.1, -0.05) is 0 Å². The van der Waals surface area contributed by atoms with Gasteiger partial charge in [0.05, 0.1) is 6.20 Å². The largest absolute Gasteiger partial charge is 0.355 e. The maximum absolute atomic E-state index is 9.27. The molecule has 1 N–H and O–H groups in total. The van der Waals surface area contributed by atoms with Gasteiger partial charge in [0, 0.05) is 36.8 Å². The topological polar surface area (TPSA) is 81.5 Å². The SMILES string of the molecule is N#Cc1cncnc1N1CCCC(c2c[nH]c3ncccc23)C1. The lowest BCUT2D eigenvalue weighted by Crippen LogP contribution is -2.35. The zero-order valence-electron chi connectivity index (χ0n) is 12.6. The molecule has 0 saturated carbocycles. The molecule has 4 heterocycles. The Bertz CT molecular complexity index is 878. The molecule has 0 aromatic carbocycles. The first-order valence-corrected chi connectivity index (χ1v) is 7.74. The highest BCUT2D eigenvalue weighted by Gasteiger charge is 2.25. The summed E-state index contributed by atoms with van der Waals surface area (Å²) in [6.07, 6.45) is 9.17. The highest BCUT2D eigenvalue weighted by molar-refractivity contribution is 5.80. The van der Waals surface area contributed by atoms with Crippen LogP contribution in [0.25, 0.3) is 11.0 Å². The Morgan fingerprint density at radius 1 is 1.35 bits per heavy atom. The van der Waals surface area contributed by atoms with Gasteiger partial charge in [-0.15, -0.1) is 0 Å². The van der Waals surface area contributed by atoms with Crippen molar-refractivity contribution in [3.63, 3.8) is 0 Å². The quantitative estimate of drug-likeness (QED) is 0.787. The number of nitriles is 1. The van der Waals surface area contributed by atoms with Crippen LogP contribution in [0, 0.1) is 11.3 Å². The van der Waals surface area contributed by atoms with Crippen LogP contribution in [0.1, 0.15) is 29.9 Å². The van der Waals surface area contributed by atoms with Gasteiger partial charge in [-0.3, -0.25) is 0 Å². The lowest BCUT2D eigenvalue weighted by molar-refractivity contribution is 0.509. The van der Waals surface area contributed by atoms with E-state index in [9.17, 15) is 5.26 Å².